The van der Waals surface area contributed by atoms with Crippen molar-refractivity contribution in [2.24, 2.45) is 15.9 Å². The molecule has 1 unspecified atom stereocenters. The number of fused-ring (bicyclic) bond motifs is 3. The third-order valence-corrected chi connectivity index (χ3v) is 5.92. The Bertz CT molecular complexity index is 1070. The molecule has 160 valence electrons. The van der Waals surface area contributed by atoms with Crippen LogP contribution in [0.1, 0.15) is 31.4 Å². The predicted octanol–water partition coefficient (Wildman–Crippen LogP) is 3.88. The zero-order chi connectivity index (χ0) is 22.0. The van der Waals surface area contributed by atoms with E-state index in [9.17, 15) is 14.0 Å². The van der Waals surface area contributed by atoms with E-state index in [-0.39, 0.29) is 23.4 Å². The first kappa shape index (κ1) is 21.2. The number of para-hydroxylation sites is 1. The third-order valence-electron chi connectivity index (χ3n) is 4.98. The minimum absolute atomic E-state index is 0.101. The molecule has 0 saturated carbocycles. The molecule has 8 heteroatoms. The van der Waals surface area contributed by atoms with Crippen LogP contribution in [0.3, 0.4) is 0 Å². The first-order chi connectivity index (χ1) is 14.9. The average Bonchev–Trinajstić information content (AvgIpc) is 3.07. The molecule has 0 aliphatic carbocycles. The Labute approximate surface area is 184 Å². The highest BCUT2D eigenvalue weighted by Gasteiger charge is 2.41. The van der Waals surface area contributed by atoms with Crippen LogP contribution in [0.25, 0.3) is 0 Å². The maximum atomic E-state index is 13.1. The first-order valence-corrected chi connectivity index (χ1v) is 11.1. The number of carbonyl (C=O) groups excluding carboxylic acids is 2. The number of benzene rings is 2. The van der Waals surface area contributed by atoms with E-state index >= 15 is 0 Å². The highest BCUT2D eigenvalue weighted by molar-refractivity contribution is 8.14. The van der Waals surface area contributed by atoms with Crippen molar-refractivity contribution < 1.29 is 14.0 Å². The van der Waals surface area contributed by atoms with E-state index in [1.807, 2.05) is 24.3 Å². The molecule has 1 atom stereocenters. The third kappa shape index (κ3) is 4.69. The minimum atomic E-state index is -0.431. The number of thioether (sulfide) groups is 1. The fourth-order valence-corrected chi connectivity index (χ4v) is 4.31. The summed E-state index contributed by atoms with van der Waals surface area (Å²) in [6.07, 6.45) is 0.664. The molecule has 2 aliphatic heterocycles. The molecular weight excluding hydrogens is 415 g/mol. The number of halogens is 1. The SMILES string of the molecule is CC(C)CC1N=C2c3ccccc3N=C(SCC(=O)NCc3ccc(F)cc3)N2C1=O. The topological polar surface area (TPSA) is 74.1 Å². The summed E-state index contributed by atoms with van der Waals surface area (Å²) in [7, 11) is 0. The normalized spacial score (nSPS) is 17.2. The second-order valence-corrected chi connectivity index (χ2v) is 8.82. The van der Waals surface area contributed by atoms with Gasteiger partial charge in [-0.15, -0.1) is 0 Å². The quantitative estimate of drug-likeness (QED) is 0.744. The number of hydrogen-bond acceptors (Lipinski definition) is 5. The molecule has 6 nitrogen and oxygen atoms in total. The van der Waals surface area contributed by atoms with Gasteiger partial charge in [0.2, 0.25) is 5.91 Å². The molecular formula is C23H23FN4O2S. The van der Waals surface area contributed by atoms with Crippen LogP contribution in [0.5, 0.6) is 0 Å². The maximum Gasteiger partial charge on any atom is 0.259 e. The average molecular weight is 439 g/mol. The lowest BCUT2D eigenvalue weighted by molar-refractivity contribution is -0.125. The zero-order valence-electron chi connectivity index (χ0n) is 17.3. The Morgan fingerprint density at radius 3 is 2.68 bits per heavy atom. The Balaban J connectivity index is 1.47. The van der Waals surface area contributed by atoms with Crippen molar-refractivity contribution in [1.82, 2.24) is 10.2 Å². The van der Waals surface area contributed by atoms with Gasteiger partial charge in [0, 0.05) is 12.1 Å². The molecule has 4 rings (SSSR count). The van der Waals surface area contributed by atoms with E-state index in [0.29, 0.717) is 29.9 Å². The van der Waals surface area contributed by atoms with Crippen molar-refractivity contribution in [2.45, 2.75) is 32.9 Å². The number of hydrogen-bond donors (Lipinski definition) is 1. The predicted molar refractivity (Wildman–Crippen MR) is 121 cm³/mol. The van der Waals surface area contributed by atoms with Crippen molar-refractivity contribution >= 4 is 40.3 Å². The summed E-state index contributed by atoms with van der Waals surface area (Å²) in [6, 6.07) is 13.1. The largest absolute Gasteiger partial charge is 0.351 e. The van der Waals surface area contributed by atoms with Crippen LogP contribution in [-0.2, 0) is 16.1 Å². The molecule has 2 amide bonds. The first-order valence-electron chi connectivity index (χ1n) is 10.2. The van der Waals surface area contributed by atoms with Gasteiger partial charge in [-0.3, -0.25) is 14.6 Å². The number of carbonyl (C=O) groups is 2. The van der Waals surface area contributed by atoms with Gasteiger partial charge in [-0.05, 0) is 42.2 Å². The second kappa shape index (κ2) is 9.01. The van der Waals surface area contributed by atoms with Gasteiger partial charge in [0.25, 0.3) is 5.91 Å². The standard InChI is InChI=1S/C23H23FN4O2S/c1-14(2)11-19-22(30)28-21(26-19)17-5-3-4-6-18(17)27-23(28)31-13-20(29)25-12-15-7-9-16(24)10-8-15/h3-10,14,19H,11-13H2,1-2H3,(H,25,29). The van der Waals surface area contributed by atoms with E-state index in [4.69, 9.17) is 4.99 Å². The Hall–Kier alpha value is -3.00. The maximum absolute atomic E-state index is 13.1. The van der Waals surface area contributed by atoms with Crippen LogP contribution in [-0.4, -0.2) is 39.5 Å². The van der Waals surface area contributed by atoms with Gasteiger partial charge in [0.1, 0.15) is 17.7 Å². The van der Waals surface area contributed by atoms with Gasteiger partial charge >= 0.3 is 0 Å². The summed E-state index contributed by atoms with van der Waals surface area (Å²) in [5.41, 5.74) is 2.38. The fourth-order valence-electron chi connectivity index (χ4n) is 3.48. The highest BCUT2D eigenvalue weighted by Crippen LogP contribution is 2.34. The summed E-state index contributed by atoms with van der Waals surface area (Å²) in [6.45, 7) is 4.43. The van der Waals surface area contributed by atoms with Crippen LogP contribution in [0.15, 0.2) is 58.5 Å². The summed E-state index contributed by atoms with van der Waals surface area (Å²) < 4.78 is 13.0. The Kier molecular flexibility index (Phi) is 6.18. The van der Waals surface area contributed by atoms with Gasteiger partial charge in [-0.25, -0.2) is 14.3 Å². The van der Waals surface area contributed by atoms with Crippen LogP contribution in [0, 0.1) is 11.7 Å². The molecule has 0 radical (unpaired) electrons. The van der Waals surface area contributed by atoms with Crippen molar-refractivity contribution in [2.75, 3.05) is 5.75 Å². The molecule has 31 heavy (non-hydrogen) atoms. The summed E-state index contributed by atoms with van der Waals surface area (Å²) in [4.78, 5) is 36.3. The molecule has 0 bridgehead atoms. The lowest BCUT2D eigenvalue weighted by Crippen LogP contribution is -2.41. The van der Waals surface area contributed by atoms with Crippen LogP contribution in [0.2, 0.25) is 0 Å². The molecule has 0 aromatic heterocycles. The molecule has 2 aromatic carbocycles. The molecule has 0 fully saturated rings. The van der Waals surface area contributed by atoms with E-state index in [0.717, 1.165) is 16.8 Å². The van der Waals surface area contributed by atoms with Gasteiger partial charge in [-0.2, -0.15) is 0 Å². The number of amides is 2. The number of amidine groups is 2. The zero-order valence-corrected chi connectivity index (χ0v) is 18.2. The number of aliphatic imine (C=N–C) groups is 2. The van der Waals surface area contributed by atoms with Crippen molar-refractivity contribution in [3.63, 3.8) is 0 Å². The van der Waals surface area contributed by atoms with Crippen LogP contribution in [0.4, 0.5) is 10.1 Å². The molecule has 1 N–H and O–H groups in total. The number of nitrogens with one attached hydrogen (secondary N) is 1. The molecule has 2 heterocycles. The second-order valence-electron chi connectivity index (χ2n) is 7.88. The van der Waals surface area contributed by atoms with Gasteiger partial charge < -0.3 is 5.32 Å². The smallest absolute Gasteiger partial charge is 0.259 e. The molecule has 2 aliphatic rings. The van der Waals surface area contributed by atoms with Crippen LogP contribution < -0.4 is 5.32 Å². The summed E-state index contributed by atoms with van der Waals surface area (Å²) in [5.74, 6) is 0.435. The van der Waals surface area contributed by atoms with Gasteiger partial charge in [0.15, 0.2) is 5.17 Å². The van der Waals surface area contributed by atoms with Crippen molar-refractivity contribution in [1.29, 1.82) is 0 Å². The van der Waals surface area contributed by atoms with Crippen LogP contribution >= 0.6 is 11.8 Å². The van der Waals surface area contributed by atoms with E-state index in [1.165, 1.54) is 23.9 Å². The summed E-state index contributed by atoms with van der Waals surface area (Å²) >= 11 is 1.21. The Morgan fingerprint density at radius 2 is 1.94 bits per heavy atom. The highest BCUT2D eigenvalue weighted by atomic mass is 32.2. The molecule has 2 aromatic rings. The Morgan fingerprint density at radius 1 is 1.19 bits per heavy atom. The van der Waals surface area contributed by atoms with Crippen molar-refractivity contribution in [3.8, 4) is 0 Å². The van der Waals surface area contributed by atoms with Gasteiger partial charge in [0.05, 0.1) is 11.4 Å². The lowest BCUT2D eigenvalue weighted by atomic mass is 10.0. The van der Waals surface area contributed by atoms with E-state index in [2.05, 4.69) is 24.2 Å². The van der Waals surface area contributed by atoms with E-state index < -0.39 is 6.04 Å². The summed E-state index contributed by atoms with van der Waals surface area (Å²) in [5, 5.41) is 3.28. The number of rotatable bonds is 6. The lowest BCUT2D eigenvalue weighted by Gasteiger charge is -2.25. The number of nitrogens with zero attached hydrogens (tertiary/aromatic N) is 3. The van der Waals surface area contributed by atoms with Gasteiger partial charge in [-0.1, -0.05) is 49.9 Å². The molecule has 0 spiro atoms. The molecule has 0 saturated heterocycles. The monoisotopic (exact) mass is 438 g/mol. The fraction of sp³-hybridized carbons (Fsp3) is 0.304. The van der Waals surface area contributed by atoms with E-state index in [1.54, 1.807) is 17.0 Å². The van der Waals surface area contributed by atoms with Crippen molar-refractivity contribution in [3.05, 3.63) is 65.5 Å². The minimum Gasteiger partial charge on any atom is -0.351 e.